The number of benzene rings is 1. The number of ether oxygens (including phenoxy) is 1. The maximum Gasteiger partial charge on any atom is 0.358 e. The molecule has 0 fully saturated rings. The van der Waals surface area contributed by atoms with Crippen LogP contribution in [0.5, 0.6) is 11.5 Å². The molecule has 6 nitrogen and oxygen atoms in total. The summed E-state index contributed by atoms with van der Waals surface area (Å²) in [6, 6.07) is 4.47. The lowest BCUT2D eigenvalue weighted by Gasteiger charge is -2.08. The normalized spacial score (nSPS) is 10.3. The molecule has 0 saturated carbocycles. The molecule has 2 rings (SSSR count). The highest BCUT2D eigenvalue weighted by molar-refractivity contribution is 9.10. The zero-order valence-electron chi connectivity index (χ0n) is 9.18. The van der Waals surface area contributed by atoms with Gasteiger partial charge in [-0.15, -0.1) is 0 Å². The number of hydrogen-bond acceptors (Lipinski definition) is 5. The summed E-state index contributed by atoms with van der Waals surface area (Å²) in [5.74, 6) is -0.905. The lowest BCUT2D eigenvalue weighted by molar-refractivity contribution is 0.0686. The number of aromatic carboxylic acids is 1. The molecular weight excluding hydrogens is 306 g/mol. The van der Waals surface area contributed by atoms with Gasteiger partial charge in [0.25, 0.3) is 0 Å². The van der Waals surface area contributed by atoms with Crippen molar-refractivity contribution < 1.29 is 24.3 Å². The summed E-state index contributed by atoms with van der Waals surface area (Å²) in [7, 11) is 1.39. The van der Waals surface area contributed by atoms with Gasteiger partial charge >= 0.3 is 5.97 Å². The highest BCUT2D eigenvalue weighted by atomic mass is 79.9. The number of rotatable bonds is 3. The van der Waals surface area contributed by atoms with Gasteiger partial charge in [0.05, 0.1) is 17.1 Å². The number of halogens is 1. The van der Waals surface area contributed by atoms with Crippen LogP contribution in [0.3, 0.4) is 0 Å². The first-order valence-corrected chi connectivity index (χ1v) is 5.59. The third-order valence-electron chi connectivity index (χ3n) is 2.28. The second-order valence-corrected chi connectivity index (χ2v) is 4.21. The van der Waals surface area contributed by atoms with E-state index >= 15 is 0 Å². The Morgan fingerprint density at radius 2 is 2.22 bits per heavy atom. The summed E-state index contributed by atoms with van der Waals surface area (Å²) < 4.78 is 10.4. The van der Waals surface area contributed by atoms with Crippen molar-refractivity contribution in [2.45, 2.75) is 0 Å². The number of nitrogens with zero attached hydrogens (tertiary/aromatic N) is 1. The van der Waals surface area contributed by atoms with Crippen molar-refractivity contribution in [3.63, 3.8) is 0 Å². The third kappa shape index (κ3) is 2.04. The second kappa shape index (κ2) is 4.69. The minimum absolute atomic E-state index is 0.0942. The fraction of sp³-hybridized carbons (Fsp3) is 0.0909. The lowest BCUT2D eigenvalue weighted by atomic mass is 10.1. The smallest absolute Gasteiger partial charge is 0.358 e. The number of carbonyl (C=O) groups is 1. The molecule has 0 aliphatic rings. The number of methoxy groups -OCH3 is 1. The molecule has 2 aromatic rings. The number of carboxylic acid groups (broad SMARTS) is 1. The van der Waals surface area contributed by atoms with E-state index in [9.17, 15) is 9.90 Å². The zero-order valence-corrected chi connectivity index (χ0v) is 10.8. The number of hydrogen-bond donors (Lipinski definition) is 2. The molecule has 0 aliphatic carbocycles. The molecule has 0 amide bonds. The monoisotopic (exact) mass is 313 g/mol. The predicted molar refractivity (Wildman–Crippen MR) is 64.8 cm³/mol. The molecule has 7 heteroatoms. The fourth-order valence-corrected chi connectivity index (χ4v) is 1.76. The van der Waals surface area contributed by atoms with Crippen LogP contribution in [0.4, 0.5) is 0 Å². The van der Waals surface area contributed by atoms with E-state index in [4.69, 9.17) is 14.4 Å². The number of aromatic hydroxyl groups is 1. The minimum atomic E-state index is -1.19. The first kappa shape index (κ1) is 12.4. The summed E-state index contributed by atoms with van der Waals surface area (Å²) in [6.45, 7) is 0. The molecule has 0 saturated heterocycles. The van der Waals surface area contributed by atoms with Gasteiger partial charge in [-0.3, -0.25) is 0 Å². The van der Waals surface area contributed by atoms with Crippen molar-refractivity contribution in [3.05, 3.63) is 28.4 Å². The van der Waals surface area contributed by atoms with Crippen molar-refractivity contribution in [3.8, 4) is 22.8 Å². The summed E-state index contributed by atoms with van der Waals surface area (Å²) in [5, 5.41) is 22.0. The first-order chi connectivity index (χ1) is 8.54. The van der Waals surface area contributed by atoms with Crippen LogP contribution in [0, 0.1) is 0 Å². The van der Waals surface area contributed by atoms with Gasteiger partial charge in [-0.25, -0.2) is 4.79 Å². The molecule has 18 heavy (non-hydrogen) atoms. The predicted octanol–water partition coefficient (Wildman–Crippen LogP) is 2.52. The molecular formula is C11H8BrNO5. The minimum Gasteiger partial charge on any atom is -0.503 e. The maximum absolute atomic E-state index is 10.7. The Labute approximate surface area is 110 Å². The van der Waals surface area contributed by atoms with Gasteiger partial charge in [0.15, 0.2) is 23.0 Å². The summed E-state index contributed by atoms with van der Waals surface area (Å²) in [6.07, 6.45) is 0. The van der Waals surface area contributed by atoms with Crippen LogP contribution >= 0.6 is 15.9 Å². The van der Waals surface area contributed by atoms with E-state index in [1.165, 1.54) is 13.2 Å². The molecule has 0 atom stereocenters. The van der Waals surface area contributed by atoms with Gasteiger partial charge in [-0.1, -0.05) is 5.16 Å². The molecule has 0 spiro atoms. The highest BCUT2D eigenvalue weighted by Crippen LogP contribution is 2.42. The number of carboxylic acids is 1. The van der Waals surface area contributed by atoms with Gasteiger partial charge in [0.2, 0.25) is 0 Å². The third-order valence-corrected chi connectivity index (χ3v) is 2.92. The standard InChI is InChI=1S/C11H8BrNO5/c1-17-10-5(2-3-6(12)9(10)14)8-4-7(11(15)16)13-18-8/h2-4,14H,1H3,(H,15,16). The molecule has 0 aliphatic heterocycles. The van der Waals surface area contributed by atoms with Crippen molar-refractivity contribution in [2.24, 2.45) is 0 Å². The summed E-state index contributed by atoms with van der Waals surface area (Å²) in [5.41, 5.74) is 0.202. The Balaban J connectivity index is 2.56. The van der Waals surface area contributed by atoms with Crippen LogP contribution in [0.2, 0.25) is 0 Å². The molecule has 1 aromatic heterocycles. The van der Waals surface area contributed by atoms with E-state index in [-0.39, 0.29) is 23.0 Å². The Kier molecular flexibility index (Phi) is 3.24. The quantitative estimate of drug-likeness (QED) is 0.904. The first-order valence-electron chi connectivity index (χ1n) is 4.80. The Morgan fingerprint density at radius 3 is 2.78 bits per heavy atom. The van der Waals surface area contributed by atoms with Crippen molar-refractivity contribution in [1.29, 1.82) is 0 Å². The van der Waals surface area contributed by atoms with Crippen molar-refractivity contribution >= 4 is 21.9 Å². The van der Waals surface area contributed by atoms with Crippen LogP contribution in [-0.4, -0.2) is 28.4 Å². The average molecular weight is 314 g/mol. The molecule has 0 radical (unpaired) electrons. The second-order valence-electron chi connectivity index (χ2n) is 3.36. The van der Waals surface area contributed by atoms with Crippen LogP contribution in [0.25, 0.3) is 11.3 Å². The van der Waals surface area contributed by atoms with E-state index in [1.54, 1.807) is 12.1 Å². The van der Waals surface area contributed by atoms with Gasteiger partial charge in [0, 0.05) is 6.07 Å². The SMILES string of the molecule is COc1c(-c2cc(C(=O)O)no2)ccc(Br)c1O. The largest absolute Gasteiger partial charge is 0.503 e. The van der Waals surface area contributed by atoms with Crippen LogP contribution in [0.1, 0.15) is 10.5 Å². The Bertz CT molecular complexity index is 607. The molecule has 0 bridgehead atoms. The van der Waals surface area contributed by atoms with Crippen LogP contribution in [0.15, 0.2) is 27.2 Å². The molecule has 2 N–H and O–H groups in total. The topological polar surface area (TPSA) is 92.8 Å². The number of aromatic nitrogens is 1. The van der Waals surface area contributed by atoms with E-state index in [2.05, 4.69) is 21.1 Å². The van der Waals surface area contributed by atoms with E-state index < -0.39 is 5.97 Å². The average Bonchev–Trinajstić information content (AvgIpc) is 2.82. The Morgan fingerprint density at radius 1 is 1.50 bits per heavy atom. The highest BCUT2D eigenvalue weighted by Gasteiger charge is 2.19. The zero-order chi connectivity index (χ0) is 13.3. The van der Waals surface area contributed by atoms with Crippen LogP contribution in [-0.2, 0) is 0 Å². The van der Waals surface area contributed by atoms with Gasteiger partial charge in [-0.05, 0) is 28.1 Å². The molecule has 94 valence electrons. The van der Waals surface area contributed by atoms with Gasteiger partial charge < -0.3 is 19.5 Å². The summed E-state index contributed by atoms with van der Waals surface area (Å²) in [4.78, 5) is 10.7. The van der Waals surface area contributed by atoms with Crippen molar-refractivity contribution in [2.75, 3.05) is 7.11 Å². The number of phenols is 1. The van der Waals surface area contributed by atoms with E-state index in [0.717, 1.165) is 0 Å². The summed E-state index contributed by atoms with van der Waals surface area (Å²) >= 11 is 3.15. The number of phenolic OH excluding ortho intramolecular Hbond substituents is 1. The van der Waals surface area contributed by atoms with Crippen LogP contribution < -0.4 is 4.74 Å². The fourth-order valence-electron chi connectivity index (χ4n) is 1.45. The lowest BCUT2D eigenvalue weighted by Crippen LogP contribution is -1.94. The maximum atomic E-state index is 10.7. The molecule has 1 heterocycles. The van der Waals surface area contributed by atoms with Gasteiger partial charge in [0.1, 0.15) is 0 Å². The van der Waals surface area contributed by atoms with E-state index in [0.29, 0.717) is 10.0 Å². The van der Waals surface area contributed by atoms with Crippen molar-refractivity contribution in [1.82, 2.24) is 5.16 Å². The Hall–Kier alpha value is -2.02. The molecule has 1 aromatic carbocycles. The van der Waals surface area contributed by atoms with E-state index in [1.807, 2.05) is 0 Å². The molecule has 0 unspecified atom stereocenters. The van der Waals surface area contributed by atoms with Gasteiger partial charge in [-0.2, -0.15) is 0 Å².